The van der Waals surface area contributed by atoms with Gasteiger partial charge in [-0.25, -0.2) is 17.1 Å². The van der Waals surface area contributed by atoms with E-state index in [4.69, 9.17) is 0 Å². The summed E-state index contributed by atoms with van der Waals surface area (Å²) < 4.78 is 38.0. The number of Topliss-reactive ketones (excluding diaryl/α,β-unsaturated/α-hetero) is 1. The highest BCUT2D eigenvalue weighted by atomic mass is 32.2. The number of nitrogens with zero attached hydrogens (tertiary/aromatic N) is 1. The van der Waals surface area contributed by atoms with E-state index in [2.05, 4.69) is 0 Å². The van der Waals surface area contributed by atoms with Crippen molar-refractivity contribution < 1.29 is 17.6 Å². The summed E-state index contributed by atoms with van der Waals surface area (Å²) in [5.74, 6) is 0.200. The number of hydrogen-bond acceptors (Lipinski definition) is 3. The highest BCUT2D eigenvalue weighted by Crippen LogP contribution is 2.64. The normalized spacial score (nSPS) is 33.3. The summed E-state index contributed by atoms with van der Waals surface area (Å²) in [6.07, 6.45) is 2.06. The van der Waals surface area contributed by atoms with Gasteiger partial charge in [-0.2, -0.15) is 0 Å². The van der Waals surface area contributed by atoms with Crippen molar-refractivity contribution in [2.75, 3.05) is 26.0 Å². The summed E-state index contributed by atoms with van der Waals surface area (Å²) in [5, 5.41) is 0. The van der Waals surface area contributed by atoms with E-state index in [1.807, 2.05) is 13.8 Å². The van der Waals surface area contributed by atoms with E-state index in [1.54, 1.807) is 0 Å². The summed E-state index contributed by atoms with van der Waals surface area (Å²) in [5.41, 5.74) is -1.03. The molecule has 19 heavy (non-hydrogen) atoms. The molecule has 0 amide bonds. The van der Waals surface area contributed by atoms with E-state index >= 15 is 0 Å². The topological polar surface area (TPSA) is 54.5 Å². The van der Waals surface area contributed by atoms with E-state index in [0.29, 0.717) is 18.8 Å². The maximum atomic E-state index is 12.3. The number of hydrogen-bond donors (Lipinski definition) is 0. The van der Waals surface area contributed by atoms with Crippen LogP contribution in [0.3, 0.4) is 0 Å². The average Bonchev–Trinajstić information content (AvgIpc) is 2.62. The van der Waals surface area contributed by atoms with Crippen LogP contribution < -0.4 is 0 Å². The highest BCUT2D eigenvalue weighted by Gasteiger charge is 2.65. The van der Waals surface area contributed by atoms with Crippen LogP contribution in [0.5, 0.6) is 0 Å². The minimum absolute atomic E-state index is 0.0750. The zero-order valence-electron chi connectivity index (χ0n) is 11.8. The molecule has 0 radical (unpaired) electrons. The van der Waals surface area contributed by atoms with Crippen molar-refractivity contribution in [1.29, 1.82) is 0 Å². The van der Waals surface area contributed by atoms with Crippen molar-refractivity contribution >= 4 is 15.8 Å². The third-order valence-corrected chi connectivity index (χ3v) is 7.43. The third-order valence-electron chi connectivity index (χ3n) is 5.44. The molecular weight excluding hydrogens is 269 g/mol. The number of alkyl halides is 1. The molecule has 2 atom stereocenters. The molecule has 2 bridgehead atoms. The molecule has 2 saturated carbocycles. The highest BCUT2D eigenvalue weighted by molar-refractivity contribution is 7.89. The van der Waals surface area contributed by atoms with Gasteiger partial charge in [-0.1, -0.05) is 13.8 Å². The molecule has 2 aliphatic rings. The van der Waals surface area contributed by atoms with E-state index in [0.717, 1.165) is 10.7 Å². The molecule has 6 heteroatoms. The Kier molecular flexibility index (Phi) is 3.54. The first-order valence-corrected chi connectivity index (χ1v) is 8.31. The van der Waals surface area contributed by atoms with Crippen molar-refractivity contribution in [3.63, 3.8) is 0 Å². The lowest BCUT2D eigenvalue weighted by molar-refractivity contribution is -0.128. The zero-order chi connectivity index (χ0) is 14.5. The van der Waals surface area contributed by atoms with Gasteiger partial charge in [0.25, 0.3) is 0 Å². The van der Waals surface area contributed by atoms with Gasteiger partial charge in [0.05, 0.1) is 5.75 Å². The van der Waals surface area contributed by atoms with Crippen molar-refractivity contribution in [2.45, 2.75) is 33.1 Å². The van der Waals surface area contributed by atoms with Crippen molar-refractivity contribution in [1.82, 2.24) is 4.31 Å². The second-order valence-corrected chi connectivity index (χ2v) is 8.51. The maximum absolute atomic E-state index is 12.3. The van der Waals surface area contributed by atoms with Gasteiger partial charge >= 0.3 is 0 Å². The molecule has 0 aromatic carbocycles. The fraction of sp³-hybridized carbons (Fsp3) is 0.923. The molecule has 2 aliphatic carbocycles. The summed E-state index contributed by atoms with van der Waals surface area (Å²) in [4.78, 5) is 12.3. The number of carbonyl (C=O) groups excluding carboxylic acids is 1. The first kappa shape index (κ1) is 14.9. The summed E-state index contributed by atoms with van der Waals surface area (Å²) >= 11 is 0. The predicted octanol–water partition coefficient (Wildman–Crippen LogP) is 1.61. The van der Waals surface area contributed by atoms with Gasteiger partial charge in [-0.3, -0.25) is 4.79 Å². The number of rotatable bonds is 5. The predicted molar refractivity (Wildman–Crippen MR) is 71.0 cm³/mol. The second kappa shape index (κ2) is 4.52. The molecule has 0 aromatic heterocycles. The smallest absolute Gasteiger partial charge is 0.214 e. The second-order valence-electron chi connectivity index (χ2n) is 6.43. The first-order chi connectivity index (χ1) is 8.67. The zero-order valence-corrected chi connectivity index (χ0v) is 12.6. The molecule has 4 nitrogen and oxygen atoms in total. The molecule has 0 N–H and O–H groups in total. The van der Waals surface area contributed by atoms with Gasteiger partial charge in [-0.05, 0) is 24.2 Å². The third kappa shape index (κ3) is 2.03. The number of halogens is 1. The Labute approximate surface area is 114 Å². The van der Waals surface area contributed by atoms with Crippen LogP contribution in [0, 0.1) is 16.7 Å². The molecule has 2 unspecified atom stereocenters. The van der Waals surface area contributed by atoms with Crippen molar-refractivity contribution in [3.05, 3.63) is 0 Å². The van der Waals surface area contributed by atoms with E-state index in [9.17, 15) is 17.6 Å². The molecule has 0 spiro atoms. The van der Waals surface area contributed by atoms with E-state index < -0.39 is 22.1 Å². The lowest BCUT2D eigenvalue weighted by Gasteiger charge is -2.37. The Hall–Kier alpha value is -0.490. The van der Waals surface area contributed by atoms with Crippen LogP contribution in [-0.2, 0) is 14.8 Å². The van der Waals surface area contributed by atoms with Gasteiger partial charge < -0.3 is 0 Å². The van der Waals surface area contributed by atoms with Crippen LogP contribution in [0.4, 0.5) is 4.39 Å². The Balaban J connectivity index is 2.29. The molecule has 0 aliphatic heterocycles. The van der Waals surface area contributed by atoms with Crippen molar-refractivity contribution in [2.24, 2.45) is 16.7 Å². The van der Waals surface area contributed by atoms with Crippen LogP contribution in [-0.4, -0.2) is 44.5 Å². The fourth-order valence-electron chi connectivity index (χ4n) is 3.79. The van der Waals surface area contributed by atoms with Crippen LogP contribution in [0.1, 0.15) is 33.1 Å². The average molecular weight is 291 g/mol. The molecule has 2 fully saturated rings. The summed E-state index contributed by atoms with van der Waals surface area (Å²) in [7, 11) is -2.20. The monoisotopic (exact) mass is 291 g/mol. The van der Waals surface area contributed by atoms with Crippen LogP contribution >= 0.6 is 0 Å². The number of sulfonamides is 1. The lowest BCUT2D eigenvalue weighted by atomic mass is 9.70. The Morgan fingerprint density at radius 1 is 1.42 bits per heavy atom. The van der Waals surface area contributed by atoms with E-state index in [1.165, 1.54) is 7.05 Å². The summed E-state index contributed by atoms with van der Waals surface area (Å²) in [6, 6.07) is 0. The largest absolute Gasteiger partial charge is 0.299 e. The Bertz CT molecular complexity index is 488. The first-order valence-electron chi connectivity index (χ1n) is 6.71. The molecular formula is C13H22FNO3S. The lowest BCUT2D eigenvalue weighted by Crippen LogP contribution is -2.46. The summed E-state index contributed by atoms with van der Waals surface area (Å²) in [6.45, 7) is 3.15. The molecule has 110 valence electrons. The van der Waals surface area contributed by atoms with Gasteiger partial charge in [0.2, 0.25) is 10.0 Å². The van der Waals surface area contributed by atoms with E-state index in [-0.39, 0.29) is 23.5 Å². The standard InChI is InChI=1S/C13H22FNO3S/c1-12(2)10-4-5-13(12,11(16)8-10)9-19(17,18)15(3)7-6-14/h10H,4-9H2,1-3H3. The quantitative estimate of drug-likeness (QED) is 0.773. The van der Waals surface area contributed by atoms with Crippen LogP contribution in [0.2, 0.25) is 0 Å². The minimum atomic E-state index is -3.58. The SMILES string of the molecule is CN(CCF)S(=O)(=O)CC12CCC(CC1=O)C2(C)C. The van der Waals surface area contributed by atoms with Gasteiger partial charge in [-0.15, -0.1) is 0 Å². The molecule has 0 aromatic rings. The number of ketones is 1. The Morgan fingerprint density at radius 3 is 2.47 bits per heavy atom. The van der Waals surface area contributed by atoms with Gasteiger partial charge in [0.1, 0.15) is 12.5 Å². The molecule has 0 heterocycles. The van der Waals surface area contributed by atoms with Crippen LogP contribution in [0.15, 0.2) is 0 Å². The minimum Gasteiger partial charge on any atom is -0.299 e. The van der Waals surface area contributed by atoms with Gasteiger partial charge in [0.15, 0.2) is 0 Å². The Morgan fingerprint density at radius 2 is 2.05 bits per heavy atom. The van der Waals surface area contributed by atoms with Crippen molar-refractivity contribution in [3.8, 4) is 0 Å². The number of carbonyl (C=O) groups is 1. The maximum Gasteiger partial charge on any atom is 0.214 e. The molecule has 2 rings (SSSR count). The molecule has 0 saturated heterocycles. The van der Waals surface area contributed by atoms with Gasteiger partial charge in [0, 0.05) is 25.4 Å². The fourth-order valence-corrected chi connectivity index (χ4v) is 5.66. The number of fused-ring (bicyclic) bond motifs is 2. The van der Waals surface area contributed by atoms with Crippen LogP contribution in [0.25, 0.3) is 0 Å².